The lowest BCUT2D eigenvalue weighted by atomic mass is 10.0. The Bertz CT molecular complexity index is 1430. The summed E-state index contributed by atoms with van der Waals surface area (Å²) in [4.78, 5) is 16.6. The van der Waals surface area contributed by atoms with Crippen LogP contribution in [0.25, 0.3) is 22.2 Å². The van der Waals surface area contributed by atoms with Gasteiger partial charge in [0.25, 0.3) is 0 Å². The van der Waals surface area contributed by atoms with E-state index >= 15 is 0 Å². The van der Waals surface area contributed by atoms with Gasteiger partial charge in [0.15, 0.2) is 28.9 Å². The van der Waals surface area contributed by atoms with E-state index in [-0.39, 0.29) is 5.65 Å². The standard InChI is InChI=1S/C23H15F7N4O/c1-10-3-5-12(6-4-10)13-7-8-31-22-15(13)11(2)33-34(22)9-14(35)32-21-19(26)17(24)16(23(28,29)30)18(25)20(21)27/h3-8H,9H2,1-2H3,(H,32,35). The zero-order chi connectivity index (χ0) is 25.7. The predicted octanol–water partition coefficient (Wildman–Crippen LogP) is 5.93. The lowest BCUT2D eigenvalue weighted by molar-refractivity contribution is -0.143. The van der Waals surface area contributed by atoms with Gasteiger partial charge in [0, 0.05) is 11.6 Å². The lowest BCUT2D eigenvalue weighted by Gasteiger charge is -2.14. The minimum Gasteiger partial charge on any atom is -0.319 e. The van der Waals surface area contributed by atoms with Crippen molar-refractivity contribution in [3.63, 3.8) is 0 Å². The zero-order valence-corrected chi connectivity index (χ0v) is 18.1. The van der Waals surface area contributed by atoms with Crippen molar-refractivity contribution in [2.24, 2.45) is 0 Å². The molecule has 0 aliphatic carbocycles. The molecule has 0 aliphatic heterocycles. The van der Waals surface area contributed by atoms with Gasteiger partial charge in [-0.25, -0.2) is 27.2 Å². The van der Waals surface area contributed by atoms with Crippen molar-refractivity contribution in [1.82, 2.24) is 14.8 Å². The molecule has 0 saturated heterocycles. The van der Waals surface area contributed by atoms with Gasteiger partial charge in [-0.05, 0) is 31.0 Å². The molecule has 0 bridgehead atoms. The highest BCUT2D eigenvalue weighted by atomic mass is 19.4. The first-order valence-corrected chi connectivity index (χ1v) is 10.0. The molecule has 2 aromatic carbocycles. The van der Waals surface area contributed by atoms with Crippen LogP contribution in [-0.2, 0) is 17.5 Å². The second-order valence-corrected chi connectivity index (χ2v) is 7.72. The topological polar surface area (TPSA) is 59.8 Å². The highest BCUT2D eigenvalue weighted by Crippen LogP contribution is 2.38. The Hall–Kier alpha value is -3.96. The summed E-state index contributed by atoms with van der Waals surface area (Å²) in [6.45, 7) is 2.88. The van der Waals surface area contributed by atoms with Gasteiger partial charge in [0.05, 0.1) is 5.69 Å². The van der Waals surface area contributed by atoms with E-state index in [1.54, 1.807) is 18.3 Å². The number of aryl methyl sites for hydroxylation is 2. The zero-order valence-electron chi connectivity index (χ0n) is 18.1. The SMILES string of the molecule is Cc1ccc(-c2ccnc3c2c(C)nn3CC(=O)Nc2c(F)c(F)c(C(F)(F)F)c(F)c2F)cc1. The second-order valence-electron chi connectivity index (χ2n) is 7.72. The van der Waals surface area contributed by atoms with Crippen molar-refractivity contribution >= 4 is 22.6 Å². The number of amides is 1. The van der Waals surface area contributed by atoms with Crippen LogP contribution in [0.3, 0.4) is 0 Å². The quantitative estimate of drug-likeness (QED) is 0.282. The van der Waals surface area contributed by atoms with Gasteiger partial charge in [-0.3, -0.25) is 4.79 Å². The number of fused-ring (bicyclic) bond motifs is 1. The minimum absolute atomic E-state index is 0.237. The van der Waals surface area contributed by atoms with Gasteiger partial charge in [-0.2, -0.15) is 18.3 Å². The second kappa shape index (κ2) is 8.67. The number of anilines is 1. The fourth-order valence-electron chi connectivity index (χ4n) is 3.67. The molecular formula is C23H15F7N4O. The van der Waals surface area contributed by atoms with Crippen molar-refractivity contribution < 1.29 is 35.5 Å². The molecule has 0 radical (unpaired) electrons. The average molecular weight is 496 g/mol. The van der Waals surface area contributed by atoms with E-state index < -0.39 is 53.1 Å². The maximum Gasteiger partial charge on any atom is 0.422 e. The van der Waals surface area contributed by atoms with Crippen LogP contribution in [0.4, 0.5) is 36.4 Å². The van der Waals surface area contributed by atoms with E-state index in [1.165, 1.54) is 6.20 Å². The Morgan fingerprint density at radius 1 is 0.943 bits per heavy atom. The molecule has 4 aromatic rings. The molecule has 1 amide bonds. The van der Waals surface area contributed by atoms with E-state index in [0.717, 1.165) is 21.4 Å². The van der Waals surface area contributed by atoms with Crippen LogP contribution in [-0.4, -0.2) is 20.7 Å². The van der Waals surface area contributed by atoms with E-state index in [1.807, 2.05) is 31.2 Å². The van der Waals surface area contributed by atoms with Crippen molar-refractivity contribution in [3.05, 3.63) is 76.6 Å². The maximum absolute atomic E-state index is 14.1. The number of alkyl halides is 3. The summed E-state index contributed by atoms with van der Waals surface area (Å²) in [6, 6.07) is 9.31. The third-order valence-electron chi connectivity index (χ3n) is 5.28. The van der Waals surface area contributed by atoms with E-state index in [9.17, 15) is 35.5 Å². The average Bonchev–Trinajstić information content (AvgIpc) is 3.10. The molecule has 12 heteroatoms. The first-order valence-electron chi connectivity index (χ1n) is 10.0. The largest absolute Gasteiger partial charge is 0.422 e. The highest BCUT2D eigenvalue weighted by molar-refractivity contribution is 5.96. The molecule has 1 N–H and O–H groups in total. The van der Waals surface area contributed by atoms with E-state index in [2.05, 4.69) is 10.1 Å². The third kappa shape index (κ3) is 4.31. The number of benzene rings is 2. The number of hydrogen-bond donors (Lipinski definition) is 1. The number of halogens is 7. The molecule has 0 spiro atoms. The number of pyridine rings is 1. The Morgan fingerprint density at radius 2 is 1.54 bits per heavy atom. The highest BCUT2D eigenvalue weighted by Gasteiger charge is 2.42. The smallest absolute Gasteiger partial charge is 0.319 e. The summed E-state index contributed by atoms with van der Waals surface area (Å²) in [5.74, 6) is -11.3. The number of carbonyl (C=O) groups is 1. The van der Waals surface area contributed by atoms with Crippen LogP contribution in [0.15, 0.2) is 36.5 Å². The fourth-order valence-corrected chi connectivity index (χ4v) is 3.67. The summed E-state index contributed by atoms with van der Waals surface area (Å²) in [5, 5.41) is 6.39. The minimum atomic E-state index is -5.69. The molecule has 2 aromatic heterocycles. The van der Waals surface area contributed by atoms with Crippen LogP contribution in [0.1, 0.15) is 16.8 Å². The lowest BCUT2D eigenvalue weighted by Crippen LogP contribution is -2.23. The molecule has 0 fully saturated rings. The van der Waals surface area contributed by atoms with E-state index in [0.29, 0.717) is 11.1 Å². The Balaban J connectivity index is 1.68. The molecule has 2 heterocycles. The van der Waals surface area contributed by atoms with Crippen LogP contribution in [0.2, 0.25) is 0 Å². The molecule has 0 saturated carbocycles. The van der Waals surface area contributed by atoms with Gasteiger partial charge in [0.2, 0.25) is 5.91 Å². The van der Waals surface area contributed by atoms with Crippen LogP contribution in [0, 0.1) is 37.1 Å². The monoisotopic (exact) mass is 496 g/mol. The molecule has 0 atom stereocenters. The Labute approximate surface area is 193 Å². The molecule has 182 valence electrons. The summed E-state index contributed by atoms with van der Waals surface area (Å²) in [7, 11) is 0. The third-order valence-corrected chi connectivity index (χ3v) is 5.28. The molecular weight excluding hydrogens is 481 g/mol. The molecule has 4 rings (SSSR count). The predicted molar refractivity (Wildman–Crippen MR) is 112 cm³/mol. The van der Waals surface area contributed by atoms with Crippen molar-refractivity contribution in [3.8, 4) is 11.1 Å². The first kappa shape index (κ1) is 24.2. The van der Waals surface area contributed by atoms with Crippen molar-refractivity contribution in [2.45, 2.75) is 26.6 Å². The number of aromatic nitrogens is 3. The number of hydrogen-bond acceptors (Lipinski definition) is 3. The number of nitrogens with one attached hydrogen (secondary N) is 1. The number of carbonyl (C=O) groups excluding carboxylic acids is 1. The summed E-state index contributed by atoms with van der Waals surface area (Å²) in [5.41, 5.74) is -1.06. The van der Waals surface area contributed by atoms with Crippen molar-refractivity contribution in [1.29, 1.82) is 0 Å². The first-order chi connectivity index (χ1) is 16.4. The summed E-state index contributed by atoms with van der Waals surface area (Å²) < 4.78 is 95.3. The van der Waals surface area contributed by atoms with Gasteiger partial charge in [0.1, 0.15) is 17.8 Å². The van der Waals surface area contributed by atoms with Crippen LogP contribution in [0.5, 0.6) is 0 Å². The molecule has 35 heavy (non-hydrogen) atoms. The number of rotatable bonds is 4. The number of nitrogens with zero attached hydrogens (tertiary/aromatic N) is 3. The van der Waals surface area contributed by atoms with Gasteiger partial charge in [-0.1, -0.05) is 29.8 Å². The molecule has 0 unspecified atom stereocenters. The summed E-state index contributed by atoms with van der Waals surface area (Å²) in [6.07, 6.45) is -4.22. The Kier molecular flexibility index (Phi) is 5.99. The van der Waals surface area contributed by atoms with Crippen LogP contribution < -0.4 is 5.32 Å². The summed E-state index contributed by atoms with van der Waals surface area (Å²) >= 11 is 0. The Morgan fingerprint density at radius 3 is 2.11 bits per heavy atom. The molecule has 0 aliphatic rings. The van der Waals surface area contributed by atoms with Crippen LogP contribution >= 0.6 is 0 Å². The normalized spacial score (nSPS) is 11.8. The fraction of sp³-hybridized carbons (Fsp3) is 0.174. The van der Waals surface area contributed by atoms with Gasteiger partial charge < -0.3 is 5.32 Å². The maximum atomic E-state index is 14.1. The van der Waals surface area contributed by atoms with Crippen molar-refractivity contribution in [2.75, 3.05) is 5.32 Å². The van der Waals surface area contributed by atoms with Gasteiger partial charge >= 0.3 is 6.18 Å². The van der Waals surface area contributed by atoms with Gasteiger partial charge in [-0.15, -0.1) is 0 Å². The van der Waals surface area contributed by atoms with E-state index in [4.69, 9.17) is 0 Å². The molecule has 5 nitrogen and oxygen atoms in total.